The summed E-state index contributed by atoms with van der Waals surface area (Å²) >= 11 is 6.73. The maximum atomic E-state index is 6.73. The van der Waals surface area contributed by atoms with Crippen molar-refractivity contribution in [3.05, 3.63) is 34.3 Å². The molecule has 0 bridgehead atoms. The summed E-state index contributed by atoms with van der Waals surface area (Å²) in [4.78, 5) is 0. The van der Waals surface area contributed by atoms with E-state index >= 15 is 0 Å². The van der Waals surface area contributed by atoms with E-state index in [0.717, 1.165) is 16.9 Å². The van der Waals surface area contributed by atoms with Gasteiger partial charge in [-0.05, 0) is 85.8 Å². The largest absolute Gasteiger partial charge is 0.327 e. The highest BCUT2D eigenvalue weighted by Crippen LogP contribution is 2.57. The van der Waals surface area contributed by atoms with E-state index in [1.165, 1.54) is 88.2 Å². The van der Waals surface area contributed by atoms with Crippen molar-refractivity contribution in [2.75, 3.05) is 0 Å². The van der Waals surface area contributed by atoms with Crippen LogP contribution >= 0.6 is 11.6 Å². The zero-order chi connectivity index (χ0) is 18.1. The van der Waals surface area contributed by atoms with Crippen molar-refractivity contribution in [1.29, 1.82) is 0 Å². The fraction of sp³-hybridized carbons (Fsp3) is 0.750. The van der Waals surface area contributed by atoms with Crippen LogP contribution < -0.4 is 5.73 Å². The third-order valence-electron chi connectivity index (χ3n) is 7.90. The lowest BCUT2D eigenvalue weighted by molar-refractivity contribution is 0.129. The van der Waals surface area contributed by atoms with Crippen molar-refractivity contribution < 1.29 is 0 Å². The van der Waals surface area contributed by atoms with Crippen molar-refractivity contribution in [3.63, 3.8) is 0 Å². The molecule has 1 aromatic rings. The SMILES string of the molecule is CC(N)C1(CC2CC2c2ccc(C3CCCCC3)c(Cl)c2)CCCCC1. The molecule has 4 rings (SSSR count). The van der Waals surface area contributed by atoms with Gasteiger partial charge in [0.05, 0.1) is 0 Å². The van der Waals surface area contributed by atoms with E-state index in [4.69, 9.17) is 17.3 Å². The Labute approximate surface area is 165 Å². The first kappa shape index (κ1) is 18.8. The average molecular weight is 374 g/mol. The molecule has 3 aliphatic rings. The number of hydrogen-bond donors (Lipinski definition) is 1. The van der Waals surface area contributed by atoms with Gasteiger partial charge in [0.1, 0.15) is 0 Å². The minimum absolute atomic E-state index is 0.335. The fourth-order valence-electron chi connectivity index (χ4n) is 6.02. The van der Waals surface area contributed by atoms with Crippen LogP contribution in [-0.2, 0) is 0 Å². The molecule has 2 heteroatoms. The van der Waals surface area contributed by atoms with Gasteiger partial charge in [0.25, 0.3) is 0 Å². The van der Waals surface area contributed by atoms with Crippen LogP contribution in [0, 0.1) is 11.3 Å². The van der Waals surface area contributed by atoms with E-state index in [1.54, 1.807) is 0 Å². The summed E-state index contributed by atoms with van der Waals surface area (Å²) in [6.07, 6.45) is 16.3. The molecule has 1 aromatic carbocycles. The highest BCUT2D eigenvalue weighted by molar-refractivity contribution is 6.31. The predicted octanol–water partition coefficient (Wildman–Crippen LogP) is 7.18. The first-order valence-electron chi connectivity index (χ1n) is 11.1. The fourth-order valence-corrected chi connectivity index (χ4v) is 6.37. The lowest BCUT2D eigenvalue weighted by Crippen LogP contribution is -2.41. The molecule has 26 heavy (non-hydrogen) atoms. The van der Waals surface area contributed by atoms with Gasteiger partial charge in [-0.1, -0.05) is 62.3 Å². The molecule has 144 valence electrons. The normalized spacial score (nSPS) is 30.1. The van der Waals surface area contributed by atoms with Crippen LogP contribution in [0.3, 0.4) is 0 Å². The Morgan fingerprint density at radius 2 is 1.77 bits per heavy atom. The molecule has 0 aliphatic heterocycles. The van der Waals surface area contributed by atoms with E-state index in [0.29, 0.717) is 17.4 Å². The van der Waals surface area contributed by atoms with Crippen LogP contribution in [0.5, 0.6) is 0 Å². The van der Waals surface area contributed by atoms with Gasteiger partial charge in [0, 0.05) is 11.1 Å². The van der Waals surface area contributed by atoms with Crippen LogP contribution in [0.1, 0.15) is 107 Å². The Morgan fingerprint density at radius 3 is 2.42 bits per heavy atom. The monoisotopic (exact) mass is 373 g/mol. The highest BCUT2D eigenvalue weighted by atomic mass is 35.5. The van der Waals surface area contributed by atoms with Gasteiger partial charge >= 0.3 is 0 Å². The summed E-state index contributed by atoms with van der Waals surface area (Å²) in [6, 6.07) is 7.38. The molecule has 0 spiro atoms. The van der Waals surface area contributed by atoms with Crippen molar-refractivity contribution in [1.82, 2.24) is 0 Å². The maximum Gasteiger partial charge on any atom is 0.0443 e. The van der Waals surface area contributed by atoms with E-state index in [-0.39, 0.29) is 0 Å². The van der Waals surface area contributed by atoms with Crippen LogP contribution in [-0.4, -0.2) is 6.04 Å². The van der Waals surface area contributed by atoms with E-state index in [2.05, 4.69) is 25.1 Å². The molecule has 0 heterocycles. The number of benzene rings is 1. The topological polar surface area (TPSA) is 26.0 Å². The van der Waals surface area contributed by atoms with Gasteiger partial charge in [0.15, 0.2) is 0 Å². The molecule has 3 fully saturated rings. The molecule has 1 nitrogen and oxygen atoms in total. The van der Waals surface area contributed by atoms with Gasteiger partial charge in [-0.3, -0.25) is 0 Å². The Morgan fingerprint density at radius 1 is 1.08 bits per heavy atom. The molecule has 0 saturated heterocycles. The molecule has 3 atom stereocenters. The lowest BCUT2D eigenvalue weighted by Gasteiger charge is -2.41. The first-order valence-corrected chi connectivity index (χ1v) is 11.5. The summed E-state index contributed by atoms with van der Waals surface area (Å²) in [6.45, 7) is 2.25. The molecule has 3 unspecified atom stereocenters. The minimum Gasteiger partial charge on any atom is -0.327 e. The number of nitrogens with two attached hydrogens (primary N) is 1. The standard InChI is InChI=1S/C24H36ClN/c1-17(26)24(12-6-3-7-13-24)16-20-14-22(20)19-10-11-21(23(25)15-19)18-8-4-2-5-9-18/h10-11,15,17-18,20,22H,2-9,12-14,16,26H2,1H3. The predicted molar refractivity (Wildman–Crippen MR) is 112 cm³/mol. The molecule has 0 radical (unpaired) electrons. The van der Waals surface area contributed by atoms with Crippen LogP contribution in [0.25, 0.3) is 0 Å². The van der Waals surface area contributed by atoms with Gasteiger partial charge < -0.3 is 5.73 Å². The van der Waals surface area contributed by atoms with E-state index < -0.39 is 0 Å². The zero-order valence-electron chi connectivity index (χ0n) is 16.5. The van der Waals surface area contributed by atoms with Crippen LogP contribution in [0.15, 0.2) is 18.2 Å². The van der Waals surface area contributed by atoms with E-state index in [1.807, 2.05) is 0 Å². The number of hydrogen-bond acceptors (Lipinski definition) is 1. The first-order chi connectivity index (χ1) is 12.6. The number of rotatable bonds is 5. The molecular formula is C24H36ClN. The molecule has 3 aliphatic carbocycles. The number of halogens is 1. The van der Waals surface area contributed by atoms with Crippen molar-refractivity contribution >= 4 is 11.6 Å². The summed E-state index contributed by atoms with van der Waals surface area (Å²) in [5.74, 6) is 2.25. The van der Waals surface area contributed by atoms with Crippen LogP contribution in [0.2, 0.25) is 5.02 Å². The summed E-state index contributed by atoms with van der Waals surface area (Å²) < 4.78 is 0. The molecule has 0 amide bonds. The third-order valence-corrected chi connectivity index (χ3v) is 8.23. The van der Waals surface area contributed by atoms with Crippen molar-refractivity contribution in [2.24, 2.45) is 17.1 Å². The Hall–Kier alpha value is -0.530. The smallest absolute Gasteiger partial charge is 0.0443 e. The van der Waals surface area contributed by atoms with Crippen molar-refractivity contribution in [3.8, 4) is 0 Å². The molecular weight excluding hydrogens is 338 g/mol. The third kappa shape index (κ3) is 3.85. The molecule has 2 N–H and O–H groups in total. The summed E-state index contributed by atoms with van der Waals surface area (Å²) in [7, 11) is 0. The Balaban J connectivity index is 1.42. The maximum absolute atomic E-state index is 6.73. The second-order valence-electron chi connectivity index (χ2n) is 9.63. The molecule has 3 saturated carbocycles. The van der Waals surface area contributed by atoms with Gasteiger partial charge in [-0.25, -0.2) is 0 Å². The quantitative estimate of drug-likeness (QED) is 0.581. The summed E-state index contributed by atoms with van der Waals surface area (Å²) in [5, 5.41) is 1.03. The lowest BCUT2D eigenvalue weighted by atomic mass is 9.66. The molecule has 0 aromatic heterocycles. The second-order valence-corrected chi connectivity index (χ2v) is 10.0. The van der Waals surface area contributed by atoms with Gasteiger partial charge in [0.2, 0.25) is 0 Å². The minimum atomic E-state index is 0.335. The average Bonchev–Trinajstić information content (AvgIpc) is 3.42. The Bertz CT molecular complexity index is 611. The van der Waals surface area contributed by atoms with E-state index in [9.17, 15) is 0 Å². The zero-order valence-corrected chi connectivity index (χ0v) is 17.2. The second kappa shape index (κ2) is 7.84. The van der Waals surface area contributed by atoms with Gasteiger partial charge in [-0.2, -0.15) is 0 Å². The van der Waals surface area contributed by atoms with Crippen molar-refractivity contribution in [2.45, 2.75) is 102 Å². The van der Waals surface area contributed by atoms with Gasteiger partial charge in [-0.15, -0.1) is 0 Å². The van der Waals surface area contributed by atoms with Crippen LogP contribution in [0.4, 0.5) is 0 Å². The Kier molecular flexibility index (Phi) is 5.67. The summed E-state index contributed by atoms with van der Waals surface area (Å²) in [5.41, 5.74) is 9.76. The highest BCUT2D eigenvalue weighted by Gasteiger charge is 2.46.